The van der Waals surface area contributed by atoms with E-state index in [1.54, 1.807) is 18.9 Å². The Morgan fingerprint density at radius 2 is 1.72 bits per heavy atom. The van der Waals surface area contributed by atoms with Gasteiger partial charge in [-0.15, -0.1) is 11.8 Å². The van der Waals surface area contributed by atoms with Gasteiger partial charge in [0, 0.05) is 12.3 Å². The van der Waals surface area contributed by atoms with Crippen LogP contribution in [0.5, 0.6) is 11.5 Å². The zero-order valence-corrected chi connectivity index (χ0v) is 17.1. The first-order valence-electron chi connectivity index (χ1n) is 9.58. The van der Waals surface area contributed by atoms with Crippen LogP contribution in [0.4, 0.5) is 0 Å². The lowest BCUT2D eigenvalue weighted by Crippen LogP contribution is -2.30. The first-order chi connectivity index (χ1) is 14.3. The van der Waals surface area contributed by atoms with Gasteiger partial charge in [0.2, 0.25) is 0 Å². The third kappa shape index (κ3) is 4.40. The lowest BCUT2D eigenvalue weighted by molar-refractivity contribution is 0.0757. The minimum absolute atomic E-state index is 0.00172. The van der Waals surface area contributed by atoms with Crippen molar-refractivity contribution < 1.29 is 14.3 Å². The second-order valence-electron chi connectivity index (χ2n) is 6.77. The average Bonchev–Trinajstić information content (AvgIpc) is 3.28. The number of hydrogen-bond acceptors (Lipinski definition) is 4. The van der Waals surface area contributed by atoms with Crippen LogP contribution in [-0.4, -0.2) is 30.2 Å². The van der Waals surface area contributed by atoms with Crippen LogP contribution in [0.25, 0.3) is 0 Å². The summed E-state index contributed by atoms with van der Waals surface area (Å²) in [5, 5.41) is -0.00409. The molecule has 1 saturated heterocycles. The highest BCUT2D eigenvalue weighted by Crippen LogP contribution is 2.40. The summed E-state index contributed by atoms with van der Waals surface area (Å²) in [6, 6.07) is 25.5. The fraction of sp³-hybridized carbons (Fsp3) is 0.208. The van der Waals surface area contributed by atoms with E-state index < -0.39 is 0 Å². The number of ether oxygens (including phenoxy) is 2. The molecule has 4 rings (SSSR count). The summed E-state index contributed by atoms with van der Waals surface area (Å²) in [6.07, 6.45) is 0. The van der Waals surface area contributed by atoms with Crippen molar-refractivity contribution in [1.29, 1.82) is 0 Å². The number of hydrogen-bond donors (Lipinski definition) is 0. The summed E-state index contributed by atoms with van der Waals surface area (Å²) in [7, 11) is 1.59. The number of carbonyl (C=O) groups excluding carboxylic acids is 1. The molecular formula is C24H23NO3S. The normalized spacial score (nSPS) is 15.9. The molecule has 0 unspecified atom stereocenters. The van der Waals surface area contributed by atoms with Crippen molar-refractivity contribution in [2.45, 2.75) is 12.0 Å². The second kappa shape index (κ2) is 9.05. The molecule has 5 heteroatoms. The maximum atomic E-state index is 13.1. The van der Waals surface area contributed by atoms with Crippen LogP contribution in [-0.2, 0) is 6.61 Å². The molecule has 0 spiro atoms. The molecule has 1 amide bonds. The molecule has 0 aromatic heterocycles. The van der Waals surface area contributed by atoms with Gasteiger partial charge in [0.25, 0.3) is 5.91 Å². The van der Waals surface area contributed by atoms with Crippen LogP contribution >= 0.6 is 11.8 Å². The molecule has 0 saturated carbocycles. The predicted molar refractivity (Wildman–Crippen MR) is 116 cm³/mol. The highest BCUT2D eigenvalue weighted by Gasteiger charge is 2.32. The Balaban J connectivity index is 1.46. The lowest BCUT2D eigenvalue weighted by Gasteiger charge is -2.25. The average molecular weight is 406 g/mol. The van der Waals surface area contributed by atoms with Gasteiger partial charge in [0.1, 0.15) is 23.5 Å². The van der Waals surface area contributed by atoms with E-state index in [2.05, 4.69) is 0 Å². The van der Waals surface area contributed by atoms with E-state index in [0.717, 1.165) is 29.2 Å². The molecular weight excluding hydrogens is 382 g/mol. The molecule has 4 nitrogen and oxygen atoms in total. The zero-order valence-electron chi connectivity index (χ0n) is 16.3. The second-order valence-corrected chi connectivity index (χ2v) is 7.95. The van der Waals surface area contributed by atoms with E-state index in [0.29, 0.717) is 17.9 Å². The van der Waals surface area contributed by atoms with Crippen LogP contribution in [0.15, 0.2) is 78.9 Å². The molecule has 0 N–H and O–H groups in total. The highest BCUT2D eigenvalue weighted by atomic mass is 32.2. The Morgan fingerprint density at radius 1 is 1.00 bits per heavy atom. The van der Waals surface area contributed by atoms with Gasteiger partial charge < -0.3 is 14.4 Å². The molecule has 1 aliphatic heterocycles. The van der Waals surface area contributed by atoms with E-state index in [-0.39, 0.29) is 11.3 Å². The van der Waals surface area contributed by atoms with Crippen molar-refractivity contribution in [3.8, 4) is 11.5 Å². The third-order valence-electron chi connectivity index (χ3n) is 4.90. The van der Waals surface area contributed by atoms with Crippen LogP contribution in [0.1, 0.15) is 26.9 Å². The number of nitrogens with zero attached hydrogens (tertiary/aromatic N) is 1. The van der Waals surface area contributed by atoms with Gasteiger partial charge in [-0.25, -0.2) is 0 Å². The minimum Gasteiger partial charge on any atom is -0.496 e. The fourth-order valence-corrected chi connectivity index (χ4v) is 4.66. The summed E-state index contributed by atoms with van der Waals surface area (Å²) in [6.45, 7) is 1.26. The van der Waals surface area contributed by atoms with E-state index in [9.17, 15) is 4.79 Å². The number of thioether (sulfide) groups is 1. The first kappa shape index (κ1) is 19.4. The smallest absolute Gasteiger partial charge is 0.258 e. The molecule has 1 atom stereocenters. The minimum atomic E-state index is -0.00409. The molecule has 3 aromatic carbocycles. The Hall–Kier alpha value is -2.92. The summed E-state index contributed by atoms with van der Waals surface area (Å²) in [5.41, 5.74) is 2.84. The Labute approximate surface area is 175 Å². The highest BCUT2D eigenvalue weighted by molar-refractivity contribution is 7.99. The molecule has 3 aromatic rings. The number of rotatable bonds is 6. The van der Waals surface area contributed by atoms with Gasteiger partial charge in [0.15, 0.2) is 0 Å². The molecule has 29 heavy (non-hydrogen) atoms. The van der Waals surface area contributed by atoms with Crippen LogP contribution < -0.4 is 9.47 Å². The molecule has 0 bridgehead atoms. The maximum absolute atomic E-state index is 13.1. The monoisotopic (exact) mass is 405 g/mol. The topological polar surface area (TPSA) is 38.8 Å². The number of carbonyl (C=O) groups is 1. The first-order valence-corrected chi connectivity index (χ1v) is 10.6. The van der Waals surface area contributed by atoms with Crippen LogP contribution in [0.3, 0.4) is 0 Å². The zero-order chi connectivity index (χ0) is 20.1. The number of methoxy groups -OCH3 is 1. The standard InChI is InChI=1S/C24H23NO3S/c1-27-22-10-6-5-9-21(22)23(26)25-15-16-29-24(25)19-11-13-20(14-12-19)28-17-18-7-3-2-4-8-18/h2-14,24H,15-17H2,1H3/t24-/m0/s1. The van der Waals surface area contributed by atoms with Gasteiger partial charge in [-0.1, -0.05) is 54.6 Å². The molecule has 1 heterocycles. The molecule has 148 valence electrons. The fourth-order valence-electron chi connectivity index (χ4n) is 3.40. The van der Waals surface area contributed by atoms with E-state index in [1.807, 2.05) is 83.8 Å². The van der Waals surface area contributed by atoms with Gasteiger partial charge in [-0.3, -0.25) is 4.79 Å². The predicted octanol–water partition coefficient (Wildman–Crippen LogP) is 5.16. The van der Waals surface area contributed by atoms with Crippen molar-refractivity contribution in [3.63, 3.8) is 0 Å². The number of amides is 1. The maximum Gasteiger partial charge on any atom is 0.258 e. The lowest BCUT2D eigenvalue weighted by atomic mass is 10.1. The van der Waals surface area contributed by atoms with Crippen molar-refractivity contribution in [2.24, 2.45) is 0 Å². The Bertz CT molecular complexity index is 959. The molecule has 1 aliphatic rings. The number of benzene rings is 3. The summed E-state index contributed by atoms with van der Waals surface area (Å²) in [4.78, 5) is 15.1. The van der Waals surface area contributed by atoms with E-state index >= 15 is 0 Å². The molecule has 0 radical (unpaired) electrons. The molecule has 0 aliphatic carbocycles. The van der Waals surface area contributed by atoms with Gasteiger partial charge in [-0.05, 0) is 35.4 Å². The summed E-state index contributed by atoms with van der Waals surface area (Å²) >= 11 is 1.78. The van der Waals surface area contributed by atoms with Crippen LogP contribution in [0.2, 0.25) is 0 Å². The van der Waals surface area contributed by atoms with Crippen molar-refractivity contribution in [2.75, 3.05) is 19.4 Å². The Morgan fingerprint density at radius 3 is 2.48 bits per heavy atom. The van der Waals surface area contributed by atoms with Crippen molar-refractivity contribution in [3.05, 3.63) is 95.6 Å². The van der Waals surface area contributed by atoms with Gasteiger partial charge >= 0.3 is 0 Å². The molecule has 1 fully saturated rings. The van der Waals surface area contributed by atoms with E-state index in [4.69, 9.17) is 9.47 Å². The van der Waals surface area contributed by atoms with Gasteiger partial charge in [-0.2, -0.15) is 0 Å². The quantitative estimate of drug-likeness (QED) is 0.568. The van der Waals surface area contributed by atoms with Gasteiger partial charge in [0.05, 0.1) is 12.7 Å². The summed E-state index contributed by atoms with van der Waals surface area (Å²) in [5.74, 6) is 2.35. The summed E-state index contributed by atoms with van der Waals surface area (Å²) < 4.78 is 11.3. The van der Waals surface area contributed by atoms with Crippen molar-refractivity contribution >= 4 is 17.7 Å². The third-order valence-corrected chi connectivity index (χ3v) is 6.16. The van der Waals surface area contributed by atoms with Crippen molar-refractivity contribution in [1.82, 2.24) is 4.90 Å². The largest absolute Gasteiger partial charge is 0.496 e. The Kier molecular flexibility index (Phi) is 6.06. The van der Waals surface area contributed by atoms with Crippen LogP contribution in [0, 0.1) is 0 Å². The van der Waals surface area contributed by atoms with E-state index in [1.165, 1.54) is 0 Å². The number of para-hydroxylation sites is 1. The SMILES string of the molecule is COc1ccccc1C(=O)N1CCS[C@H]1c1ccc(OCc2ccccc2)cc1.